The Morgan fingerprint density at radius 2 is 2.00 bits per heavy atom. The zero-order chi connectivity index (χ0) is 15.1. The highest BCUT2D eigenvalue weighted by Crippen LogP contribution is 2.18. The molecule has 0 heterocycles. The van der Waals surface area contributed by atoms with E-state index in [1.807, 2.05) is 18.2 Å². The van der Waals surface area contributed by atoms with Crippen LogP contribution in [0.3, 0.4) is 0 Å². The smallest absolute Gasteiger partial charge is 0.251 e. The molecule has 1 aromatic carbocycles. The molecule has 1 aliphatic carbocycles. The Morgan fingerprint density at radius 3 is 2.71 bits per heavy atom. The summed E-state index contributed by atoms with van der Waals surface area (Å²) >= 11 is 0. The van der Waals surface area contributed by atoms with E-state index in [1.54, 1.807) is 12.1 Å². The third-order valence-corrected chi connectivity index (χ3v) is 3.67. The summed E-state index contributed by atoms with van der Waals surface area (Å²) in [5, 5.41) is 6.14. The summed E-state index contributed by atoms with van der Waals surface area (Å²) in [4.78, 5) is 23.6. The van der Waals surface area contributed by atoms with Crippen LogP contribution in [0.25, 0.3) is 0 Å². The van der Waals surface area contributed by atoms with Crippen LogP contribution in [0.2, 0.25) is 0 Å². The Morgan fingerprint density at radius 1 is 1.24 bits per heavy atom. The van der Waals surface area contributed by atoms with E-state index in [0.717, 1.165) is 31.4 Å². The highest BCUT2D eigenvalue weighted by molar-refractivity contribution is 5.94. The number of benzene rings is 1. The number of amides is 1. The number of nitrogens with one attached hydrogen (secondary N) is 2. The normalized spacial score (nSPS) is 18.6. The van der Waals surface area contributed by atoms with Crippen molar-refractivity contribution in [2.24, 2.45) is 0 Å². The molecule has 0 aromatic heterocycles. The molecule has 0 radical (unpaired) electrons. The van der Waals surface area contributed by atoms with Crippen molar-refractivity contribution in [3.8, 4) is 0 Å². The Labute approximate surface area is 125 Å². The summed E-state index contributed by atoms with van der Waals surface area (Å²) in [7, 11) is 0. The summed E-state index contributed by atoms with van der Waals surface area (Å²) in [6.07, 6.45) is 3.08. The van der Waals surface area contributed by atoms with Crippen molar-refractivity contribution < 1.29 is 9.59 Å². The minimum absolute atomic E-state index is 0.0414. The number of hydrogen-bond donors (Lipinski definition) is 2. The number of hydrogen-bond acceptors (Lipinski definition) is 3. The fraction of sp³-hybridized carbons (Fsp3) is 0.412. The average molecular weight is 286 g/mol. The van der Waals surface area contributed by atoms with E-state index < -0.39 is 0 Å². The number of rotatable bonds is 6. The highest BCUT2D eigenvalue weighted by Gasteiger charge is 2.22. The van der Waals surface area contributed by atoms with E-state index in [0.29, 0.717) is 18.5 Å². The molecule has 0 bridgehead atoms. The lowest BCUT2D eigenvalue weighted by molar-refractivity contribution is -0.121. The largest absolute Gasteiger partial charge is 0.352 e. The van der Waals surface area contributed by atoms with E-state index in [1.165, 1.54) is 0 Å². The molecule has 1 aromatic rings. The fourth-order valence-corrected chi connectivity index (χ4v) is 2.44. The summed E-state index contributed by atoms with van der Waals surface area (Å²) in [5.41, 5.74) is 1.71. The SMILES string of the molecule is C=C1CCC(NCCCNC(=O)c2ccccc2)C(=O)C1. The van der Waals surface area contributed by atoms with Gasteiger partial charge in [0.1, 0.15) is 0 Å². The quantitative estimate of drug-likeness (QED) is 0.622. The van der Waals surface area contributed by atoms with Crippen LogP contribution in [0.4, 0.5) is 0 Å². The van der Waals surface area contributed by atoms with Crippen molar-refractivity contribution in [3.63, 3.8) is 0 Å². The van der Waals surface area contributed by atoms with Crippen molar-refractivity contribution in [3.05, 3.63) is 48.0 Å². The standard InChI is InChI=1S/C17H22N2O2/c1-13-8-9-15(16(20)12-13)18-10-5-11-19-17(21)14-6-3-2-4-7-14/h2-4,6-7,15,18H,1,5,8-12H2,(H,19,21). The Hall–Kier alpha value is -1.94. The van der Waals surface area contributed by atoms with Gasteiger partial charge < -0.3 is 10.6 Å². The number of allylic oxidation sites excluding steroid dienone is 1. The van der Waals surface area contributed by atoms with Crippen molar-refractivity contribution in [1.29, 1.82) is 0 Å². The van der Waals surface area contributed by atoms with Gasteiger partial charge in [-0.25, -0.2) is 0 Å². The van der Waals surface area contributed by atoms with Crippen molar-refractivity contribution >= 4 is 11.7 Å². The predicted octanol–water partition coefficient (Wildman–Crippen LogP) is 2.07. The molecule has 0 saturated heterocycles. The zero-order valence-electron chi connectivity index (χ0n) is 12.2. The summed E-state index contributed by atoms with van der Waals surface area (Å²) in [6.45, 7) is 5.20. The van der Waals surface area contributed by atoms with Gasteiger partial charge in [0.05, 0.1) is 6.04 Å². The topological polar surface area (TPSA) is 58.2 Å². The summed E-state index contributed by atoms with van der Waals surface area (Å²) in [6, 6.07) is 9.12. The molecule has 1 saturated carbocycles. The van der Waals surface area contributed by atoms with Gasteiger partial charge in [-0.2, -0.15) is 0 Å². The lowest BCUT2D eigenvalue weighted by Gasteiger charge is -2.23. The second kappa shape index (κ2) is 7.74. The van der Waals surface area contributed by atoms with Crippen LogP contribution in [-0.4, -0.2) is 30.8 Å². The van der Waals surface area contributed by atoms with Crippen LogP contribution in [0.15, 0.2) is 42.5 Å². The molecular formula is C17H22N2O2. The molecule has 0 aliphatic heterocycles. The van der Waals surface area contributed by atoms with Gasteiger partial charge in [-0.15, -0.1) is 0 Å². The maximum absolute atomic E-state index is 11.8. The molecule has 1 aliphatic rings. The molecule has 4 nitrogen and oxygen atoms in total. The van der Waals surface area contributed by atoms with Gasteiger partial charge in [0.25, 0.3) is 5.91 Å². The first-order valence-corrected chi connectivity index (χ1v) is 7.43. The van der Waals surface area contributed by atoms with Gasteiger partial charge in [0.15, 0.2) is 5.78 Å². The first-order chi connectivity index (χ1) is 10.2. The van der Waals surface area contributed by atoms with Crippen LogP contribution >= 0.6 is 0 Å². The Kier molecular flexibility index (Phi) is 5.69. The second-order valence-corrected chi connectivity index (χ2v) is 5.41. The van der Waals surface area contributed by atoms with Crippen molar-refractivity contribution in [2.45, 2.75) is 31.7 Å². The lowest BCUT2D eigenvalue weighted by Crippen LogP contribution is -2.40. The van der Waals surface area contributed by atoms with E-state index in [-0.39, 0.29) is 17.7 Å². The molecular weight excluding hydrogens is 264 g/mol. The van der Waals surface area contributed by atoms with Gasteiger partial charge in [0.2, 0.25) is 0 Å². The molecule has 1 atom stereocenters. The molecule has 0 spiro atoms. The van der Waals surface area contributed by atoms with Crippen LogP contribution in [-0.2, 0) is 4.79 Å². The molecule has 2 N–H and O–H groups in total. The zero-order valence-corrected chi connectivity index (χ0v) is 12.2. The third-order valence-electron chi connectivity index (χ3n) is 3.67. The lowest BCUT2D eigenvalue weighted by atomic mass is 9.90. The number of carbonyl (C=O) groups excluding carboxylic acids is 2. The van der Waals surface area contributed by atoms with Gasteiger partial charge in [-0.1, -0.05) is 30.4 Å². The molecule has 1 fully saturated rings. The first-order valence-electron chi connectivity index (χ1n) is 7.43. The van der Waals surface area contributed by atoms with E-state index in [9.17, 15) is 9.59 Å². The maximum atomic E-state index is 11.8. The van der Waals surface area contributed by atoms with Gasteiger partial charge in [0, 0.05) is 18.5 Å². The summed E-state index contributed by atoms with van der Waals surface area (Å²) in [5.74, 6) is 0.181. The van der Waals surface area contributed by atoms with Crippen molar-refractivity contribution in [1.82, 2.24) is 10.6 Å². The summed E-state index contributed by atoms with van der Waals surface area (Å²) < 4.78 is 0. The molecule has 112 valence electrons. The van der Waals surface area contributed by atoms with Crippen LogP contribution in [0, 0.1) is 0 Å². The molecule has 1 amide bonds. The Bertz CT molecular complexity index is 511. The van der Waals surface area contributed by atoms with Gasteiger partial charge >= 0.3 is 0 Å². The average Bonchev–Trinajstić information content (AvgIpc) is 2.49. The van der Waals surface area contributed by atoms with E-state index >= 15 is 0 Å². The fourth-order valence-electron chi connectivity index (χ4n) is 2.44. The number of ketones is 1. The monoisotopic (exact) mass is 286 g/mol. The Balaban J connectivity index is 1.61. The van der Waals surface area contributed by atoms with E-state index in [4.69, 9.17) is 0 Å². The maximum Gasteiger partial charge on any atom is 0.251 e. The van der Waals surface area contributed by atoms with Gasteiger partial charge in [-0.05, 0) is 37.9 Å². The van der Waals surface area contributed by atoms with Crippen LogP contribution in [0.5, 0.6) is 0 Å². The third kappa shape index (κ3) is 4.83. The molecule has 1 unspecified atom stereocenters. The van der Waals surface area contributed by atoms with Crippen molar-refractivity contribution in [2.75, 3.05) is 13.1 Å². The molecule has 2 rings (SSSR count). The predicted molar refractivity (Wildman–Crippen MR) is 83.2 cm³/mol. The highest BCUT2D eigenvalue weighted by atomic mass is 16.1. The van der Waals surface area contributed by atoms with Crippen LogP contribution < -0.4 is 10.6 Å². The second-order valence-electron chi connectivity index (χ2n) is 5.41. The molecule has 21 heavy (non-hydrogen) atoms. The van der Waals surface area contributed by atoms with E-state index in [2.05, 4.69) is 17.2 Å². The molecule has 4 heteroatoms. The number of carbonyl (C=O) groups is 2. The van der Waals surface area contributed by atoms with Crippen LogP contribution in [0.1, 0.15) is 36.0 Å². The van der Waals surface area contributed by atoms with Gasteiger partial charge in [-0.3, -0.25) is 9.59 Å². The first kappa shape index (κ1) is 15.4. The number of Topliss-reactive ketones (excluding diaryl/α,β-unsaturated/α-hetero) is 1. The minimum Gasteiger partial charge on any atom is -0.352 e. The minimum atomic E-state index is -0.0550.